The first-order valence-corrected chi connectivity index (χ1v) is 13.8. The molecule has 0 aliphatic carbocycles. The zero-order valence-corrected chi connectivity index (χ0v) is 20.6. The largest absolute Gasteiger partial charge is 0.127 e. The van der Waals surface area contributed by atoms with E-state index in [0.717, 1.165) is 0 Å². The van der Waals surface area contributed by atoms with Gasteiger partial charge in [-0.25, -0.2) is 0 Å². The molecule has 0 fully saturated rings. The van der Waals surface area contributed by atoms with Crippen molar-refractivity contribution in [3.8, 4) is 0 Å². The van der Waals surface area contributed by atoms with Crippen LogP contribution in [0.25, 0.3) is 0 Å². The summed E-state index contributed by atoms with van der Waals surface area (Å²) in [5.74, 6) is 0. The maximum Gasteiger partial charge on any atom is 0.127 e. The highest BCUT2D eigenvalue weighted by molar-refractivity contribution is 7.90. The van der Waals surface area contributed by atoms with Crippen LogP contribution in [0, 0.1) is 0 Å². The van der Waals surface area contributed by atoms with Gasteiger partial charge in [0.1, 0.15) is 4.33 Å². The number of halogens is 2. The molecular weight excluding hydrogens is 457 g/mol. The fourth-order valence-corrected chi connectivity index (χ4v) is 12.1. The van der Waals surface area contributed by atoms with Gasteiger partial charge >= 0.3 is 0 Å². The molecule has 0 atom stereocenters. The second-order valence-corrected chi connectivity index (χ2v) is 14.2. The van der Waals surface area contributed by atoms with Gasteiger partial charge in [-0.2, -0.15) is 0 Å². The molecule has 4 rings (SSSR count). The van der Waals surface area contributed by atoms with Gasteiger partial charge in [0.25, 0.3) is 0 Å². The second-order valence-electron chi connectivity index (χ2n) is 7.41. The summed E-state index contributed by atoms with van der Waals surface area (Å²) >= 11 is 14.2. The first-order chi connectivity index (χ1) is 15.1. The molecule has 0 amide bonds. The molecule has 0 radical (unpaired) electrons. The van der Waals surface area contributed by atoms with E-state index in [1.807, 2.05) is 6.92 Å². The van der Waals surface area contributed by atoms with Crippen molar-refractivity contribution in [3.63, 3.8) is 0 Å². The van der Waals surface area contributed by atoms with Crippen molar-refractivity contribution in [1.82, 2.24) is 0 Å². The third kappa shape index (κ3) is 5.39. The van der Waals surface area contributed by atoms with Crippen LogP contribution in [0.1, 0.15) is 6.92 Å². The summed E-state index contributed by atoms with van der Waals surface area (Å²) in [6.07, 6.45) is 0. The lowest BCUT2D eigenvalue weighted by Gasteiger charge is -2.41. The summed E-state index contributed by atoms with van der Waals surface area (Å²) < 4.78 is -0.922. The van der Waals surface area contributed by atoms with Crippen molar-refractivity contribution in [2.45, 2.75) is 16.7 Å². The average molecular weight is 481 g/mol. The van der Waals surface area contributed by atoms with Gasteiger partial charge in [-0.05, 0) is 44.0 Å². The lowest BCUT2D eigenvalue weighted by Crippen LogP contribution is -2.37. The first-order valence-electron chi connectivity index (χ1n) is 10.2. The molecule has 156 valence electrons. The Balaban J connectivity index is 1.97. The Morgan fingerprint density at radius 1 is 0.484 bits per heavy atom. The molecule has 0 aromatic heterocycles. The molecule has 4 aromatic rings. The molecule has 0 saturated heterocycles. The van der Waals surface area contributed by atoms with Crippen molar-refractivity contribution in [3.05, 3.63) is 121 Å². The highest BCUT2D eigenvalue weighted by atomic mass is 35.5. The number of benzene rings is 4. The normalized spacial score (nSPS) is 11.9. The fourth-order valence-electron chi connectivity index (χ4n) is 3.79. The standard InChI is InChI=1S/C27H24Cl2P2/c1-27(28,29)26(30(22-14-6-2-7-15-22)23-16-8-3-9-17-23)31(24-18-10-4-11-19-24)25-20-12-5-13-21-25/h2-21,26H,1H3. The van der Waals surface area contributed by atoms with E-state index in [2.05, 4.69) is 121 Å². The van der Waals surface area contributed by atoms with Gasteiger partial charge in [0, 0.05) is 5.40 Å². The van der Waals surface area contributed by atoms with Crippen LogP contribution in [-0.4, -0.2) is 9.73 Å². The molecule has 4 aromatic carbocycles. The van der Waals surface area contributed by atoms with Gasteiger partial charge in [0.05, 0.1) is 0 Å². The quantitative estimate of drug-likeness (QED) is 0.202. The summed E-state index contributed by atoms with van der Waals surface area (Å²) in [7, 11) is -1.65. The van der Waals surface area contributed by atoms with Crippen LogP contribution in [-0.2, 0) is 0 Å². The second kappa shape index (κ2) is 10.3. The highest BCUT2D eigenvalue weighted by Gasteiger charge is 2.44. The van der Waals surface area contributed by atoms with Gasteiger partial charge in [-0.1, -0.05) is 121 Å². The van der Waals surface area contributed by atoms with Crippen LogP contribution in [0.2, 0.25) is 0 Å². The van der Waals surface area contributed by atoms with E-state index >= 15 is 0 Å². The van der Waals surface area contributed by atoms with Crippen LogP contribution >= 0.6 is 39.0 Å². The molecule has 0 heterocycles. The number of hydrogen-bond acceptors (Lipinski definition) is 0. The Labute approximate surface area is 197 Å². The zero-order chi connectivity index (χ0) is 21.7. The average Bonchev–Trinajstić information content (AvgIpc) is 2.81. The van der Waals surface area contributed by atoms with Crippen molar-refractivity contribution in [2.24, 2.45) is 0 Å². The molecule has 0 saturated carbocycles. The zero-order valence-electron chi connectivity index (χ0n) is 17.3. The van der Waals surface area contributed by atoms with Crippen molar-refractivity contribution >= 4 is 60.3 Å². The monoisotopic (exact) mass is 480 g/mol. The van der Waals surface area contributed by atoms with Gasteiger partial charge in [0.2, 0.25) is 0 Å². The predicted molar refractivity (Wildman–Crippen MR) is 142 cm³/mol. The predicted octanol–water partition coefficient (Wildman–Crippen LogP) is 6.77. The summed E-state index contributed by atoms with van der Waals surface area (Å²) in [4.78, 5) is 0. The Kier molecular flexibility index (Phi) is 7.47. The molecule has 0 bridgehead atoms. The minimum absolute atomic E-state index is 0.0235. The van der Waals surface area contributed by atoms with Crippen LogP contribution in [0.15, 0.2) is 121 Å². The third-order valence-electron chi connectivity index (χ3n) is 5.08. The van der Waals surface area contributed by atoms with Crippen LogP contribution in [0.4, 0.5) is 0 Å². The molecule has 0 spiro atoms. The lowest BCUT2D eigenvalue weighted by atomic mass is 10.4. The van der Waals surface area contributed by atoms with E-state index in [1.165, 1.54) is 21.2 Å². The Morgan fingerprint density at radius 2 is 0.710 bits per heavy atom. The van der Waals surface area contributed by atoms with E-state index in [1.54, 1.807) is 0 Å². The van der Waals surface area contributed by atoms with Gasteiger partial charge in [-0.3, -0.25) is 0 Å². The van der Waals surface area contributed by atoms with E-state index < -0.39 is 20.2 Å². The summed E-state index contributed by atoms with van der Waals surface area (Å²) in [5.41, 5.74) is 0. The molecule has 31 heavy (non-hydrogen) atoms. The van der Waals surface area contributed by atoms with Gasteiger partial charge < -0.3 is 0 Å². The molecule has 0 nitrogen and oxygen atoms in total. The van der Waals surface area contributed by atoms with E-state index in [4.69, 9.17) is 23.2 Å². The molecule has 4 heteroatoms. The minimum atomic E-state index is -0.922. The maximum atomic E-state index is 7.09. The van der Waals surface area contributed by atoms with E-state index in [9.17, 15) is 0 Å². The molecule has 0 N–H and O–H groups in total. The SMILES string of the molecule is CC(Cl)(Cl)C(P(c1ccccc1)c1ccccc1)P(c1ccccc1)c1ccccc1. The summed E-state index contributed by atoms with van der Waals surface area (Å²) in [5, 5.41) is 5.19. The summed E-state index contributed by atoms with van der Waals surface area (Å²) in [6.45, 7) is 1.96. The highest BCUT2D eigenvalue weighted by Crippen LogP contribution is 2.62. The number of rotatable bonds is 7. The first kappa shape index (κ1) is 22.5. The number of hydrogen-bond donors (Lipinski definition) is 0. The van der Waals surface area contributed by atoms with Crippen molar-refractivity contribution < 1.29 is 0 Å². The van der Waals surface area contributed by atoms with Gasteiger partial charge in [0.15, 0.2) is 0 Å². The molecule has 0 aliphatic rings. The third-order valence-corrected chi connectivity index (χ3v) is 12.9. The Morgan fingerprint density at radius 3 is 0.903 bits per heavy atom. The smallest absolute Gasteiger partial charge is 0.101 e. The van der Waals surface area contributed by atoms with Crippen LogP contribution in [0.5, 0.6) is 0 Å². The van der Waals surface area contributed by atoms with E-state index in [0.29, 0.717) is 0 Å². The Bertz CT molecular complexity index is 904. The lowest BCUT2D eigenvalue weighted by molar-refractivity contribution is 0.956. The Hall–Kier alpha value is -1.68. The van der Waals surface area contributed by atoms with Crippen molar-refractivity contribution in [1.29, 1.82) is 0 Å². The molecule has 0 aliphatic heterocycles. The molecular formula is C27H24Cl2P2. The fraction of sp³-hybridized carbons (Fsp3) is 0.111. The van der Waals surface area contributed by atoms with Crippen molar-refractivity contribution in [2.75, 3.05) is 0 Å². The topological polar surface area (TPSA) is 0 Å². The molecule has 0 unspecified atom stereocenters. The summed E-state index contributed by atoms with van der Waals surface area (Å²) in [6, 6.07) is 42.9. The van der Waals surface area contributed by atoms with E-state index in [-0.39, 0.29) is 5.40 Å². The van der Waals surface area contributed by atoms with Crippen LogP contribution < -0.4 is 21.2 Å². The number of alkyl halides is 2. The van der Waals surface area contributed by atoms with Crippen LogP contribution in [0.3, 0.4) is 0 Å². The van der Waals surface area contributed by atoms with Gasteiger partial charge in [-0.15, -0.1) is 23.2 Å². The maximum absolute atomic E-state index is 7.09. The minimum Gasteiger partial charge on any atom is -0.101 e.